The summed E-state index contributed by atoms with van der Waals surface area (Å²) < 4.78 is 39.4. The lowest BCUT2D eigenvalue weighted by atomic mass is 10.2. The minimum absolute atomic E-state index is 0.490. The fraction of sp³-hybridized carbons (Fsp3) is 0.125. The number of hydrogen-bond acceptors (Lipinski definition) is 3. The van der Waals surface area contributed by atoms with E-state index in [-0.39, 0.29) is 0 Å². The van der Waals surface area contributed by atoms with E-state index >= 15 is 0 Å². The summed E-state index contributed by atoms with van der Waals surface area (Å²) in [5.41, 5.74) is 0.203. The molecular formula is C16H12ClF3N2O2. The second-order valence-corrected chi connectivity index (χ2v) is 5.18. The number of carbonyl (C=O) groups excluding carboxylic acids is 1. The summed E-state index contributed by atoms with van der Waals surface area (Å²) in [6, 6.07) is 8.32. The highest BCUT2D eigenvalue weighted by Gasteiger charge is 2.19. The van der Waals surface area contributed by atoms with Crippen molar-refractivity contribution in [2.24, 2.45) is 5.16 Å². The number of hydrogen-bond donors (Lipinski definition) is 1. The molecule has 0 aliphatic carbocycles. The molecule has 0 aliphatic heterocycles. The van der Waals surface area contributed by atoms with Gasteiger partial charge in [-0.2, -0.15) is 0 Å². The Morgan fingerprint density at radius 2 is 1.83 bits per heavy atom. The Morgan fingerprint density at radius 3 is 2.50 bits per heavy atom. The second kappa shape index (κ2) is 7.83. The average molecular weight is 357 g/mol. The molecule has 0 fully saturated rings. The number of halogens is 4. The SMILES string of the molecule is C[C@H](O/N=C\c1ccc(Cl)cc1)C(=O)Nc1ccc(F)c(F)c1F. The summed E-state index contributed by atoms with van der Waals surface area (Å²) in [4.78, 5) is 16.8. The smallest absolute Gasteiger partial charge is 0.268 e. The van der Waals surface area contributed by atoms with Gasteiger partial charge in [0.15, 0.2) is 17.5 Å². The van der Waals surface area contributed by atoms with Crippen molar-refractivity contribution in [3.63, 3.8) is 0 Å². The third-order valence-electron chi connectivity index (χ3n) is 2.95. The van der Waals surface area contributed by atoms with Gasteiger partial charge in [-0.05, 0) is 36.8 Å². The lowest BCUT2D eigenvalue weighted by Crippen LogP contribution is -2.27. The number of benzene rings is 2. The fourth-order valence-corrected chi connectivity index (χ4v) is 1.76. The summed E-state index contributed by atoms with van der Waals surface area (Å²) in [6.45, 7) is 1.37. The summed E-state index contributed by atoms with van der Waals surface area (Å²) in [5.74, 6) is -5.27. The van der Waals surface area contributed by atoms with E-state index in [0.29, 0.717) is 16.7 Å². The van der Waals surface area contributed by atoms with Crippen molar-refractivity contribution < 1.29 is 22.8 Å². The van der Waals surface area contributed by atoms with Crippen LogP contribution in [-0.2, 0) is 9.63 Å². The van der Waals surface area contributed by atoms with Crippen LogP contribution in [0.2, 0.25) is 5.02 Å². The van der Waals surface area contributed by atoms with Gasteiger partial charge in [-0.3, -0.25) is 4.79 Å². The lowest BCUT2D eigenvalue weighted by Gasteiger charge is -2.11. The van der Waals surface area contributed by atoms with Crippen LogP contribution in [0.5, 0.6) is 0 Å². The van der Waals surface area contributed by atoms with Gasteiger partial charge in [0.25, 0.3) is 5.91 Å². The van der Waals surface area contributed by atoms with Crippen molar-refractivity contribution in [1.82, 2.24) is 0 Å². The van der Waals surface area contributed by atoms with Crippen LogP contribution in [0.15, 0.2) is 41.6 Å². The molecule has 8 heteroatoms. The summed E-state index contributed by atoms with van der Waals surface area (Å²) in [5, 5.41) is 6.29. The van der Waals surface area contributed by atoms with E-state index in [0.717, 1.165) is 6.07 Å². The Labute approximate surface area is 140 Å². The molecule has 0 unspecified atom stereocenters. The predicted octanol–water partition coefficient (Wildman–Crippen LogP) is 4.14. The van der Waals surface area contributed by atoms with Crippen LogP contribution in [0.25, 0.3) is 0 Å². The highest BCUT2D eigenvalue weighted by atomic mass is 35.5. The number of anilines is 1. The quantitative estimate of drug-likeness (QED) is 0.497. The van der Waals surface area contributed by atoms with Crippen LogP contribution < -0.4 is 5.32 Å². The first-order valence-electron chi connectivity index (χ1n) is 6.77. The lowest BCUT2D eigenvalue weighted by molar-refractivity contribution is -0.126. The van der Waals surface area contributed by atoms with E-state index in [1.807, 2.05) is 0 Å². The van der Waals surface area contributed by atoms with Crippen molar-refractivity contribution in [2.75, 3.05) is 5.32 Å². The van der Waals surface area contributed by atoms with E-state index in [2.05, 4.69) is 10.5 Å². The van der Waals surface area contributed by atoms with Crippen molar-refractivity contribution >= 4 is 29.4 Å². The van der Waals surface area contributed by atoms with Crippen LogP contribution in [0, 0.1) is 17.5 Å². The van der Waals surface area contributed by atoms with E-state index in [4.69, 9.17) is 16.4 Å². The minimum atomic E-state index is -1.66. The van der Waals surface area contributed by atoms with Gasteiger partial charge in [-0.25, -0.2) is 13.2 Å². The first-order chi connectivity index (χ1) is 11.4. The molecule has 0 spiro atoms. The number of oxime groups is 1. The number of amides is 1. The molecular weight excluding hydrogens is 345 g/mol. The molecule has 1 N–H and O–H groups in total. The Bertz CT molecular complexity index is 767. The zero-order chi connectivity index (χ0) is 17.7. The predicted molar refractivity (Wildman–Crippen MR) is 84.5 cm³/mol. The van der Waals surface area contributed by atoms with Gasteiger partial charge in [0, 0.05) is 5.02 Å². The minimum Gasteiger partial charge on any atom is -0.383 e. The van der Waals surface area contributed by atoms with Gasteiger partial charge < -0.3 is 10.2 Å². The van der Waals surface area contributed by atoms with Gasteiger partial charge in [0.1, 0.15) is 0 Å². The molecule has 1 amide bonds. The molecule has 0 aromatic heterocycles. The molecule has 0 saturated carbocycles. The third kappa shape index (κ3) is 4.48. The van der Waals surface area contributed by atoms with Gasteiger partial charge in [-0.1, -0.05) is 28.9 Å². The summed E-state index contributed by atoms with van der Waals surface area (Å²) in [7, 11) is 0. The molecule has 0 aliphatic rings. The fourth-order valence-electron chi connectivity index (χ4n) is 1.64. The maximum absolute atomic E-state index is 13.5. The zero-order valence-corrected chi connectivity index (χ0v) is 13.2. The zero-order valence-electron chi connectivity index (χ0n) is 12.4. The highest BCUT2D eigenvalue weighted by molar-refractivity contribution is 6.30. The molecule has 4 nitrogen and oxygen atoms in total. The molecule has 2 aromatic carbocycles. The topological polar surface area (TPSA) is 50.7 Å². The molecule has 1 atom stereocenters. The number of rotatable bonds is 5. The molecule has 24 heavy (non-hydrogen) atoms. The summed E-state index contributed by atoms with van der Waals surface area (Å²) in [6.07, 6.45) is 0.277. The van der Waals surface area contributed by atoms with Gasteiger partial charge in [0.2, 0.25) is 6.10 Å². The normalized spacial score (nSPS) is 12.2. The van der Waals surface area contributed by atoms with Crippen molar-refractivity contribution in [3.05, 3.63) is 64.4 Å². The standard InChI is InChI=1S/C16H12ClF3N2O2/c1-9(24-21-8-10-2-4-11(17)5-3-10)16(23)22-13-7-6-12(18)14(19)15(13)20/h2-9H,1H3,(H,22,23)/b21-8-/t9-/m0/s1. The Balaban J connectivity index is 1.95. The highest BCUT2D eigenvalue weighted by Crippen LogP contribution is 2.19. The van der Waals surface area contributed by atoms with Crippen molar-refractivity contribution in [2.45, 2.75) is 13.0 Å². The van der Waals surface area contributed by atoms with Gasteiger partial charge >= 0.3 is 0 Å². The van der Waals surface area contributed by atoms with E-state index in [1.165, 1.54) is 13.1 Å². The van der Waals surface area contributed by atoms with Gasteiger partial charge in [0.05, 0.1) is 11.9 Å². The Morgan fingerprint density at radius 1 is 1.17 bits per heavy atom. The molecule has 0 saturated heterocycles. The van der Waals surface area contributed by atoms with E-state index in [9.17, 15) is 18.0 Å². The van der Waals surface area contributed by atoms with E-state index < -0.39 is 35.2 Å². The Hall–Kier alpha value is -2.54. The molecule has 0 heterocycles. The molecule has 0 bridgehead atoms. The molecule has 2 rings (SSSR count). The van der Waals surface area contributed by atoms with Crippen LogP contribution in [-0.4, -0.2) is 18.2 Å². The van der Waals surface area contributed by atoms with Crippen molar-refractivity contribution in [1.29, 1.82) is 0 Å². The van der Waals surface area contributed by atoms with Gasteiger partial charge in [-0.15, -0.1) is 0 Å². The number of carbonyl (C=O) groups is 1. The maximum atomic E-state index is 13.5. The largest absolute Gasteiger partial charge is 0.383 e. The monoisotopic (exact) mass is 356 g/mol. The second-order valence-electron chi connectivity index (χ2n) is 4.75. The number of nitrogens with one attached hydrogen (secondary N) is 1. The van der Waals surface area contributed by atoms with Crippen LogP contribution >= 0.6 is 11.6 Å². The van der Waals surface area contributed by atoms with E-state index in [1.54, 1.807) is 24.3 Å². The molecule has 0 radical (unpaired) electrons. The van der Waals surface area contributed by atoms with Crippen LogP contribution in [0.4, 0.5) is 18.9 Å². The Kier molecular flexibility index (Phi) is 5.81. The molecule has 2 aromatic rings. The molecule has 126 valence electrons. The summed E-state index contributed by atoms with van der Waals surface area (Å²) >= 11 is 5.74. The first-order valence-corrected chi connectivity index (χ1v) is 7.15. The first kappa shape index (κ1) is 17.8. The maximum Gasteiger partial charge on any atom is 0.268 e. The third-order valence-corrected chi connectivity index (χ3v) is 3.21. The number of nitrogens with zero attached hydrogens (tertiary/aromatic N) is 1. The van der Waals surface area contributed by atoms with Crippen molar-refractivity contribution in [3.8, 4) is 0 Å². The van der Waals surface area contributed by atoms with Crippen LogP contribution in [0.3, 0.4) is 0 Å². The van der Waals surface area contributed by atoms with Crippen LogP contribution in [0.1, 0.15) is 12.5 Å². The average Bonchev–Trinajstić information content (AvgIpc) is 2.57.